The Balaban J connectivity index is 1.93. The van der Waals surface area contributed by atoms with E-state index in [2.05, 4.69) is 9.88 Å². The highest BCUT2D eigenvalue weighted by atomic mass is 16.3. The fourth-order valence-corrected chi connectivity index (χ4v) is 2.69. The summed E-state index contributed by atoms with van der Waals surface area (Å²) in [6.07, 6.45) is 4.82. The lowest BCUT2D eigenvalue weighted by Crippen LogP contribution is -2.47. The Bertz CT molecular complexity index is 458. The van der Waals surface area contributed by atoms with Crippen LogP contribution < -0.4 is 0 Å². The molecule has 1 N–H and O–H groups in total. The molecule has 112 valence electrons. The monoisotopic (exact) mass is 280 g/mol. The minimum atomic E-state index is -0.831. The number of rotatable bonds is 4. The number of aliphatic hydroxyl groups excluding tert-OH is 1. The number of aliphatic hydroxyl groups is 1. The van der Waals surface area contributed by atoms with Gasteiger partial charge >= 0.3 is 0 Å². The summed E-state index contributed by atoms with van der Waals surface area (Å²) >= 11 is 0. The third-order valence-corrected chi connectivity index (χ3v) is 4.00. The van der Waals surface area contributed by atoms with Crippen LogP contribution in [0.2, 0.25) is 0 Å². The van der Waals surface area contributed by atoms with Gasteiger partial charge in [0.1, 0.15) is 11.9 Å². The van der Waals surface area contributed by atoms with Gasteiger partial charge in [0.05, 0.1) is 6.42 Å². The van der Waals surface area contributed by atoms with Crippen molar-refractivity contribution >= 4 is 5.91 Å². The molecule has 1 aromatic heterocycles. The molecule has 1 unspecified atom stereocenters. The van der Waals surface area contributed by atoms with Gasteiger partial charge in [0, 0.05) is 38.6 Å². The normalized spacial score (nSPS) is 21.2. The van der Waals surface area contributed by atoms with Crippen LogP contribution in [-0.4, -0.2) is 63.6 Å². The number of amides is 1. The third kappa shape index (κ3) is 3.37. The zero-order chi connectivity index (χ0) is 14.7. The molecule has 2 atom stereocenters. The summed E-state index contributed by atoms with van der Waals surface area (Å²) < 4.78 is 1.75. The van der Waals surface area contributed by atoms with Gasteiger partial charge in [0.15, 0.2) is 0 Å². The number of carbonyl (C=O) groups excluding carboxylic acids is 1. The van der Waals surface area contributed by atoms with Crippen LogP contribution in [0.5, 0.6) is 0 Å². The van der Waals surface area contributed by atoms with Crippen molar-refractivity contribution in [3.63, 3.8) is 0 Å². The topological polar surface area (TPSA) is 61.6 Å². The van der Waals surface area contributed by atoms with Crippen LogP contribution in [0.1, 0.15) is 31.2 Å². The van der Waals surface area contributed by atoms with Gasteiger partial charge in [-0.1, -0.05) is 0 Å². The first-order valence-corrected chi connectivity index (χ1v) is 7.08. The van der Waals surface area contributed by atoms with Crippen LogP contribution in [0.25, 0.3) is 0 Å². The Labute approximate surface area is 120 Å². The molecule has 2 heterocycles. The molecule has 0 aromatic carbocycles. The number of nitrogens with zero attached hydrogens (tertiary/aromatic N) is 4. The van der Waals surface area contributed by atoms with E-state index in [1.165, 1.54) is 0 Å². The van der Waals surface area contributed by atoms with E-state index in [0.717, 1.165) is 25.9 Å². The molecule has 0 saturated carbocycles. The van der Waals surface area contributed by atoms with Crippen molar-refractivity contribution < 1.29 is 9.90 Å². The summed E-state index contributed by atoms with van der Waals surface area (Å²) in [5.41, 5.74) is 0. The SMILES string of the molecule is CN(C)[C@H]1CCCN(C(=O)CC(O)c2nccn2C)C1. The van der Waals surface area contributed by atoms with Gasteiger partial charge in [-0.05, 0) is 26.9 Å². The summed E-state index contributed by atoms with van der Waals surface area (Å²) in [6.45, 7) is 1.54. The van der Waals surface area contributed by atoms with Gasteiger partial charge in [-0.2, -0.15) is 0 Å². The summed E-state index contributed by atoms with van der Waals surface area (Å²) in [5.74, 6) is 0.548. The minimum Gasteiger partial charge on any atom is -0.385 e. The minimum absolute atomic E-state index is 0.00653. The maximum absolute atomic E-state index is 12.3. The molecule has 1 saturated heterocycles. The Morgan fingerprint density at radius 1 is 1.60 bits per heavy atom. The number of imidazole rings is 1. The summed E-state index contributed by atoms with van der Waals surface area (Å²) in [4.78, 5) is 20.4. The van der Waals surface area contributed by atoms with Crippen LogP contribution in [0.4, 0.5) is 0 Å². The van der Waals surface area contributed by atoms with Crippen LogP contribution >= 0.6 is 0 Å². The van der Waals surface area contributed by atoms with Crippen molar-refractivity contribution in [3.05, 3.63) is 18.2 Å². The second kappa shape index (κ2) is 6.37. The molecular formula is C14H24N4O2. The number of carbonyl (C=O) groups is 1. The first-order valence-electron chi connectivity index (χ1n) is 7.08. The number of hydrogen-bond donors (Lipinski definition) is 1. The number of aryl methyl sites for hydroxylation is 1. The Hall–Kier alpha value is -1.40. The van der Waals surface area contributed by atoms with Crippen LogP contribution in [0, 0.1) is 0 Å². The zero-order valence-corrected chi connectivity index (χ0v) is 12.5. The summed E-state index contributed by atoms with van der Waals surface area (Å²) in [5, 5.41) is 10.1. The van der Waals surface area contributed by atoms with Crippen molar-refractivity contribution in [3.8, 4) is 0 Å². The lowest BCUT2D eigenvalue weighted by Gasteiger charge is -2.36. The van der Waals surface area contributed by atoms with E-state index in [1.54, 1.807) is 17.0 Å². The van der Waals surface area contributed by atoms with Crippen LogP contribution in [-0.2, 0) is 11.8 Å². The molecule has 0 bridgehead atoms. The van der Waals surface area contributed by atoms with Crippen LogP contribution in [0.15, 0.2) is 12.4 Å². The highest BCUT2D eigenvalue weighted by Gasteiger charge is 2.27. The van der Waals surface area contributed by atoms with Gasteiger partial charge in [0.2, 0.25) is 5.91 Å². The standard InChI is InChI=1S/C14H24N4O2/c1-16(2)11-5-4-7-18(10-11)13(20)9-12(19)14-15-6-8-17(14)3/h6,8,11-12,19H,4-5,7,9-10H2,1-3H3/t11-,12?/m0/s1. The highest BCUT2D eigenvalue weighted by molar-refractivity contribution is 5.77. The maximum Gasteiger partial charge on any atom is 0.225 e. The number of piperidine rings is 1. The van der Waals surface area contributed by atoms with Gasteiger partial charge in [-0.25, -0.2) is 4.98 Å². The number of hydrogen-bond acceptors (Lipinski definition) is 4. The molecule has 1 aromatic rings. The predicted octanol–water partition coefficient (Wildman–Crippen LogP) is 0.396. The van der Waals surface area contributed by atoms with E-state index in [-0.39, 0.29) is 12.3 Å². The molecular weight excluding hydrogens is 256 g/mol. The molecule has 0 aliphatic carbocycles. The number of aromatic nitrogens is 2. The molecule has 0 spiro atoms. The average molecular weight is 280 g/mol. The number of likely N-dealkylation sites (tertiary alicyclic amines) is 1. The third-order valence-electron chi connectivity index (χ3n) is 4.00. The molecule has 1 aliphatic rings. The van der Waals surface area contributed by atoms with Gasteiger partial charge in [0.25, 0.3) is 0 Å². The van der Waals surface area contributed by atoms with E-state index < -0.39 is 6.10 Å². The quantitative estimate of drug-likeness (QED) is 0.867. The van der Waals surface area contributed by atoms with E-state index in [9.17, 15) is 9.90 Å². The lowest BCUT2D eigenvalue weighted by molar-refractivity contribution is -0.135. The molecule has 6 heteroatoms. The molecule has 20 heavy (non-hydrogen) atoms. The van der Waals surface area contributed by atoms with E-state index in [4.69, 9.17) is 0 Å². The van der Waals surface area contributed by atoms with Crippen LogP contribution in [0.3, 0.4) is 0 Å². The fourth-order valence-electron chi connectivity index (χ4n) is 2.69. The predicted molar refractivity (Wildman–Crippen MR) is 76.1 cm³/mol. The van der Waals surface area contributed by atoms with Crippen molar-refractivity contribution in [2.75, 3.05) is 27.2 Å². The van der Waals surface area contributed by atoms with Gasteiger partial charge in [-0.15, -0.1) is 0 Å². The van der Waals surface area contributed by atoms with E-state index >= 15 is 0 Å². The summed E-state index contributed by atoms with van der Waals surface area (Å²) in [7, 11) is 5.90. The smallest absolute Gasteiger partial charge is 0.225 e. The van der Waals surface area contributed by atoms with E-state index in [1.807, 2.05) is 26.0 Å². The molecule has 0 radical (unpaired) electrons. The Kier molecular flexibility index (Phi) is 4.77. The first-order chi connectivity index (χ1) is 9.49. The fraction of sp³-hybridized carbons (Fsp3) is 0.714. The van der Waals surface area contributed by atoms with Gasteiger partial charge in [-0.3, -0.25) is 4.79 Å². The van der Waals surface area contributed by atoms with Crippen molar-refractivity contribution in [1.29, 1.82) is 0 Å². The van der Waals surface area contributed by atoms with Crippen molar-refractivity contribution in [2.45, 2.75) is 31.4 Å². The molecule has 6 nitrogen and oxygen atoms in total. The second-order valence-corrected chi connectivity index (χ2v) is 5.72. The van der Waals surface area contributed by atoms with Crippen molar-refractivity contribution in [2.24, 2.45) is 7.05 Å². The maximum atomic E-state index is 12.3. The Morgan fingerprint density at radius 2 is 2.35 bits per heavy atom. The zero-order valence-electron chi connectivity index (χ0n) is 12.5. The Morgan fingerprint density at radius 3 is 2.95 bits per heavy atom. The molecule has 1 amide bonds. The molecule has 1 fully saturated rings. The average Bonchev–Trinajstić information content (AvgIpc) is 2.85. The highest BCUT2D eigenvalue weighted by Crippen LogP contribution is 2.19. The summed E-state index contributed by atoms with van der Waals surface area (Å²) in [6, 6.07) is 0.415. The van der Waals surface area contributed by atoms with Crippen molar-refractivity contribution in [1.82, 2.24) is 19.4 Å². The largest absolute Gasteiger partial charge is 0.385 e. The lowest BCUT2D eigenvalue weighted by atomic mass is 10.0. The molecule has 1 aliphatic heterocycles. The van der Waals surface area contributed by atoms with Gasteiger partial charge < -0.3 is 19.5 Å². The second-order valence-electron chi connectivity index (χ2n) is 5.72. The van der Waals surface area contributed by atoms with E-state index in [0.29, 0.717) is 11.9 Å². The first kappa shape index (κ1) is 15.0. The number of likely N-dealkylation sites (N-methyl/N-ethyl adjacent to an activating group) is 1. The molecule has 2 rings (SSSR count).